The minimum atomic E-state index is -0.440. The zero-order valence-corrected chi connectivity index (χ0v) is 13.5. The van der Waals surface area contributed by atoms with E-state index in [-0.39, 0.29) is 16.2 Å². The smallest absolute Gasteiger partial charge is 0.295 e. The Morgan fingerprint density at radius 3 is 2.52 bits per heavy atom. The van der Waals surface area contributed by atoms with E-state index in [2.05, 4.69) is 10.1 Å². The van der Waals surface area contributed by atoms with Crippen LogP contribution in [-0.4, -0.2) is 28.8 Å². The van der Waals surface area contributed by atoms with Crippen molar-refractivity contribution in [1.29, 1.82) is 0 Å². The van der Waals surface area contributed by atoms with E-state index < -0.39 is 5.56 Å². The Balaban J connectivity index is 2.23. The fourth-order valence-corrected chi connectivity index (χ4v) is 3.04. The summed E-state index contributed by atoms with van der Waals surface area (Å²) in [6, 6.07) is 6.78. The molecule has 118 valence electrons. The average Bonchev–Trinajstić information content (AvgIpc) is 2.55. The van der Waals surface area contributed by atoms with Crippen molar-refractivity contribution in [3.8, 4) is 21.9 Å². The molecular weight excluding hydrogens is 318 g/mol. The molecule has 0 atom stereocenters. The highest BCUT2D eigenvalue weighted by molar-refractivity contribution is 7.19. The molecule has 2 heterocycles. The van der Waals surface area contributed by atoms with Gasteiger partial charge in [0.2, 0.25) is 4.96 Å². The molecule has 0 unspecified atom stereocenters. The van der Waals surface area contributed by atoms with Crippen LogP contribution in [0.1, 0.15) is 5.69 Å². The van der Waals surface area contributed by atoms with Crippen molar-refractivity contribution in [2.75, 3.05) is 14.2 Å². The van der Waals surface area contributed by atoms with Crippen LogP contribution in [-0.2, 0) is 0 Å². The fourth-order valence-electron chi connectivity index (χ4n) is 2.09. The summed E-state index contributed by atoms with van der Waals surface area (Å²) in [4.78, 5) is 28.7. The van der Waals surface area contributed by atoms with Gasteiger partial charge in [-0.15, -0.1) is 0 Å². The van der Waals surface area contributed by atoms with Crippen molar-refractivity contribution in [3.05, 3.63) is 50.7 Å². The van der Waals surface area contributed by atoms with E-state index in [1.165, 1.54) is 31.4 Å². The Morgan fingerprint density at radius 2 is 1.83 bits per heavy atom. The number of hydrogen-bond donors (Lipinski definition) is 0. The molecule has 0 bridgehead atoms. The number of ether oxygens (including phenoxy) is 2. The molecule has 23 heavy (non-hydrogen) atoms. The number of aryl methyl sites for hydroxylation is 1. The summed E-state index contributed by atoms with van der Waals surface area (Å²) >= 11 is 1.20. The van der Waals surface area contributed by atoms with Gasteiger partial charge >= 0.3 is 0 Å². The first-order chi connectivity index (χ1) is 11.0. The van der Waals surface area contributed by atoms with Crippen LogP contribution in [0.2, 0.25) is 0 Å². The highest BCUT2D eigenvalue weighted by atomic mass is 32.1. The Morgan fingerprint density at radius 1 is 1.09 bits per heavy atom. The van der Waals surface area contributed by atoms with Gasteiger partial charge in [0.25, 0.3) is 11.1 Å². The van der Waals surface area contributed by atoms with E-state index in [0.717, 1.165) is 10.1 Å². The summed E-state index contributed by atoms with van der Waals surface area (Å²) in [7, 11) is 3.09. The maximum absolute atomic E-state index is 12.2. The summed E-state index contributed by atoms with van der Waals surface area (Å²) in [6.07, 6.45) is 0. The van der Waals surface area contributed by atoms with Crippen molar-refractivity contribution in [2.45, 2.75) is 6.92 Å². The summed E-state index contributed by atoms with van der Waals surface area (Å²) in [5, 5.41) is 3.97. The summed E-state index contributed by atoms with van der Waals surface area (Å²) in [6.45, 7) is 1.52. The molecule has 0 aliphatic heterocycles. The largest absolute Gasteiger partial charge is 0.493 e. The van der Waals surface area contributed by atoms with Gasteiger partial charge in [-0.1, -0.05) is 11.3 Å². The number of methoxy groups -OCH3 is 2. The number of rotatable bonds is 3. The Kier molecular flexibility index (Phi) is 3.83. The van der Waals surface area contributed by atoms with Gasteiger partial charge in [-0.2, -0.15) is 14.6 Å². The van der Waals surface area contributed by atoms with Crippen LogP contribution in [0.3, 0.4) is 0 Å². The Labute approximate surface area is 134 Å². The molecule has 0 saturated carbocycles. The van der Waals surface area contributed by atoms with E-state index >= 15 is 0 Å². The number of hydrogen-bond acceptors (Lipinski definition) is 7. The second kappa shape index (κ2) is 5.81. The molecule has 0 amide bonds. The van der Waals surface area contributed by atoms with Gasteiger partial charge in [0.05, 0.1) is 14.2 Å². The van der Waals surface area contributed by atoms with Crippen LogP contribution in [0.5, 0.6) is 11.5 Å². The first-order valence-corrected chi connectivity index (χ1v) is 7.49. The molecule has 0 saturated heterocycles. The van der Waals surface area contributed by atoms with E-state index in [0.29, 0.717) is 16.4 Å². The molecule has 3 rings (SSSR count). The lowest BCUT2D eigenvalue weighted by Crippen LogP contribution is -2.23. The number of fused-ring (bicyclic) bond motifs is 1. The molecule has 0 radical (unpaired) electrons. The van der Waals surface area contributed by atoms with Gasteiger partial charge in [0.15, 0.2) is 11.5 Å². The zero-order valence-electron chi connectivity index (χ0n) is 12.7. The van der Waals surface area contributed by atoms with Gasteiger partial charge in [0.1, 0.15) is 5.69 Å². The van der Waals surface area contributed by atoms with E-state index in [1.54, 1.807) is 19.2 Å². The highest BCUT2D eigenvalue weighted by Crippen LogP contribution is 2.33. The molecular formula is C15H13N3O4S. The lowest BCUT2D eigenvalue weighted by atomic mass is 10.1. The number of nitrogens with zero attached hydrogens (tertiary/aromatic N) is 3. The van der Waals surface area contributed by atoms with Crippen LogP contribution in [0.15, 0.2) is 33.9 Å². The van der Waals surface area contributed by atoms with Crippen LogP contribution in [0, 0.1) is 6.92 Å². The SMILES string of the molecule is COc1ccc(-c2cc(=O)n3nc(C)c(=O)nc3s2)cc1OC. The maximum Gasteiger partial charge on any atom is 0.295 e. The predicted octanol–water partition coefficient (Wildman–Crippen LogP) is 1.50. The number of benzene rings is 1. The molecule has 0 aliphatic carbocycles. The first kappa shape index (κ1) is 15.2. The summed E-state index contributed by atoms with van der Waals surface area (Å²) in [5.74, 6) is 1.15. The quantitative estimate of drug-likeness (QED) is 0.723. The van der Waals surface area contributed by atoms with Crippen LogP contribution >= 0.6 is 11.3 Å². The lowest BCUT2D eigenvalue weighted by Gasteiger charge is -2.09. The predicted molar refractivity (Wildman–Crippen MR) is 86.7 cm³/mol. The molecule has 2 aromatic heterocycles. The normalized spacial score (nSPS) is 10.7. The van der Waals surface area contributed by atoms with Crippen molar-refractivity contribution < 1.29 is 9.47 Å². The molecule has 7 nitrogen and oxygen atoms in total. The van der Waals surface area contributed by atoms with Gasteiger partial charge < -0.3 is 9.47 Å². The topological polar surface area (TPSA) is 82.8 Å². The lowest BCUT2D eigenvalue weighted by molar-refractivity contribution is 0.355. The second-order valence-electron chi connectivity index (χ2n) is 4.72. The van der Waals surface area contributed by atoms with Crippen molar-refractivity contribution in [2.24, 2.45) is 0 Å². The molecule has 0 fully saturated rings. The highest BCUT2D eigenvalue weighted by Gasteiger charge is 2.11. The first-order valence-electron chi connectivity index (χ1n) is 6.67. The minimum Gasteiger partial charge on any atom is -0.493 e. The maximum atomic E-state index is 12.2. The van der Waals surface area contributed by atoms with Crippen molar-refractivity contribution >= 4 is 16.3 Å². The van der Waals surface area contributed by atoms with Crippen molar-refractivity contribution in [3.63, 3.8) is 0 Å². The van der Waals surface area contributed by atoms with Gasteiger partial charge in [-0.3, -0.25) is 9.59 Å². The molecule has 0 aliphatic rings. The second-order valence-corrected chi connectivity index (χ2v) is 5.72. The average molecular weight is 331 g/mol. The van der Waals surface area contributed by atoms with E-state index in [9.17, 15) is 9.59 Å². The molecule has 1 aromatic carbocycles. The van der Waals surface area contributed by atoms with Crippen molar-refractivity contribution in [1.82, 2.24) is 14.6 Å². The summed E-state index contributed by atoms with van der Waals surface area (Å²) in [5.41, 5.74) is 0.164. The standard InChI is InChI=1S/C15H13N3O4S/c1-8-14(20)16-15-18(17-8)13(19)7-12(23-15)9-4-5-10(21-2)11(6-9)22-3/h4-7H,1-3H3. The van der Waals surface area contributed by atoms with Gasteiger partial charge in [-0.25, -0.2) is 0 Å². The van der Waals surface area contributed by atoms with Crippen LogP contribution in [0.25, 0.3) is 15.4 Å². The van der Waals surface area contributed by atoms with Crippen LogP contribution < -0.4 is 20.6 Å². The fraction of sp³-hybridized carbons (Fsp3) is 0.200. The van der Waals surface area contributed by atoms with Crippen LogP contribution in [0.4, 0.5) is 0 Å². The number of aromatic nitrogens is 3. The molecule has 3 aromatic rings. The molecule has 0 spiro atoms. The third kappa shape index (κ3) is 2.68. The summed E-state index contributed by atoms with van der Waals surface area (Å²) < 4.78 is 11.6. The van der Waals surface area contributed by atoms with Gasteiger partial charge in [-0.05, 0) is 30.7 Å². The third-order valence-electron chi connectivity index (χ3n) is 3.27. The zero-order chi connectivity index (χ0) is 16.6. The minimum absolute atomic E-state index is 0.186. The van der Waals surface area contributed by atoms with Gasteiger partial charge in [0, 0.05) is 10.9 Å². The molecule has 8 heteroatoms. The molecule has 0 N–H and O–H groups in total. The van der Waals surface area contributed by atoms with E-state index in [4.69, 9.17) is 9.47 Å². The van der Waals surface area contributed by atoms with E-state index in [1.807, 2.05) is 6.07 Å². The third-order valence-corrected chi connectivity index (χ3v) is 4.29. The Hall–Kier alpha value is -2.74. The Bertz CT molecular complexity index is 1010. The monoisotopic (exact) mass is 331 g/mol.